The summed E-state index contributed by atoms with van der Waals surface area (Å²) in [7, 11) is 0. The number of fused-ring (bicyclic) bond motifs is 1. The topological polar surface area (TPSA) is 45.9 Å². The van der Waals surface area contributed by atoms with Crippen LogP contribution in [-0.2, 0) is 0 Å². The summed E-state index contributed by atoms with van der Waals surface area (Å²) in [5.41, 5.74) is 1.75. The van der Waals surface area contributed by atoms with Gasteiger partial charge in [0.1, 0.15) is 17.3 Å². The van der Waals surface area contributed by atoms with E-state index in [0.29, 0.717) is 5.75 Å². The van der Waals surface area contributed by atoms with E-state index in [1.807, 2.05) is 43.3 Å². The van der Waals surface area contributed by atoms with Gasteiger partial charge >= 0.3 is 0 Å². The summed E-state index contributed by atoms with van der Waals surface area (Å²) in [6.07, 6.45) is -0.465. The third-order valence-corrected chi connectivity index (χ3v) is 2.31. The zero-order chi connectivity index (χ0) is 11.5. The van der Waals surface area contributed by atoms with Crippen molar-refractivity contribution < 1.29 is 4.74 Å². The second kappa shape index (κ2) is 4.19. The van der Waals surface area contributed by atoms with E-state index in [2.05, 4.69) is 4.98 Å². The fourth-order valence-electron chi connectivity index (χ4n) is 1.53. The second-order valence-corrected chi connectivity index (χ2v) is 3.67. The molecule has 3 nitrogen and oxygen atoms in total. The van der Waals surface area contributed by atoms with Crippen LogP contribution < -0.4 is 4.74 Å². The lowest BCUT2D eigenvalue weighted by Gasteiger charge is -2.10. The first-order valence-corrected chi connectivity index (χ1v) is 5.13. The standard InChI is InChI=1S/C13H12N2O/c1-9-6-7-11-4-3-5-12(13(11)15-9)16-10(2)8-14/h3-7,10H,1-2H3. The zero-order valence-corrected chi connectivity index (χ0v) is 9.27. The van der Waals surface area contributed by atoms with E-state index in [4.69, 9.17) is 10.00 Å². The molecule has 1 aromatic carbocycles. The lowest BCUT2D eigenvalue weighted by molar-refractivity contribution is 0.279. The quantitative estimate of drug-likeness (QED) is 0.768. The maximum Gasteiger partial charge on any atom is 0.181 e. The summed E-state index contributed by atoms with van der Waals surface area (Å²) >= 11 is 0. The van der Waals surface area contributed by atoms with Gasteiger partial charge in [0.25, 0.3) is 0 Å². The Morgan fingerprint density at radius 3 is 2.88 bits per heavy atom. The summed E-state index contributed by atoms with van der Waals surface area (Å²) in [5.74, 6) is 0.662. The first-order valence-electron chi connectivity index (χ1n) is 5.13. The number of aromatic nitrogens is 1. The summed E-state index contributed by atoms with van der Waals surface area (Å²) in [4.78, 5) is 4.43. The van der Waals surface area contributed by atoms with E-state index in [1.165, 1.54) is 0 Å². The molecule has 2 aromatic rings. The molecule has 0 aliphatic carbocycles. The summed E-state index contributed by atoms with van der Waals surface area (Å²) in [6, 6.07) is 11.7. The van der Waals surface area contributed by atoms with Crippen molar-refractivity contribution in [1.29, 1.82) is 5.26 Å². The molecule has 2 rings (SSSR count). The number of ether oxygens (including phenoxy) is 1. The predicted molar refractivity (Wildman–Crippen MR) is 62.2 cm³/mol. The van der Waals surface area contributed by atoms with Gasteiger partial charge in [-0.3, -0.25) is 0 Å². The SMILES string of the molecule is Cc1ccc2cccc(OC(C)C#N)c2n1. The zero-order valence-electron chi connectivity index (χ0n) is 9.27. The molecule has 0 radical (unpaired) electrons. The Morgan fingerprint density at radius 1 is 1.31 bits per heavy atom. The average molecular weight is 212 g/mol. The molecular weight excluding hydrogens is 200 g/mol. The number of nitrogens with zero attached hydrogens (tertiary/aromatic N) is 2. The Bertz CT molecular complexity index is 557. The predicted octanol–water partition coefficient (Wildman–Crippen LogP) is 2.83. The summed E-state index contributed by atoms with van der Waals surface area (Å²) in [6.45, 7) is 3.65. The van der Waals surface area contributed by atoms with Gasteiger partial charge in [-0.1, -0.05) is 18.2 Å². The van der Waals surface area contributed by atoms with Gasteiger partial charge in [0.05, 0.1) is 0 Å². The van der Waals surface area contributed by atoms with Crippen LogP contribution in [0.1, 0.15) is 12.6 Å². The Hall–Kier alpha value is -2.08. The minimum atomic E-state index is -0.465. The van der Waals surface area contributed by atoms with Crippen molar-refractivity contribution in [1.82, 2.24) is 4.98 Å². The van der Waals surface area contributed by atoms with Gasteiger partial charge in [0, 0.05) is 11.1 Å². The maximum absolute atomic E-state index is 8.73. The molecule has 0 aliphatic rings. The van der Waals surface area contributed by atoms with Gasteiger partial charge in [0.15, 0.2) is 6.10 Å². The molecule has 0 saturated heterocycles. The van der Waals surface area contributed by atoms with Gasteiger partial charge in [-0.15, -0.1) is 0 Å². The number of hydrogen-bond acceptors (Lipinski definition) is 3. The minimum Gasteiger partial charge on any atom is -0.474 e. The summed E-state index contributed by atoms with van der Waals surface area (Å²) < 4.78 is 5.51. The molecule has 3 heteroatoms. The van der Waals surface area contributed by atoms with Crippen LogP contribution in [0.25, 0.3) is 10.9 Å². The maximum atomic E-state index is 8.73. The van der Waals surface area contributed by atoms with Crippen molar-refractivity contribution in [2.24, 2.45) is 0 Å². The second-order valence-electron chi connectivity index (χ2n) is 3.67. The van der Waals surface area contributed by atoms with Crippen LogP contribution in [0.3, 0.4) is 0 Å². The van der Waals surface area contributed by atoms with Crippen molar-refractivity contribution in [3.8, 4) is 11.8 Å². The van der Waals surface area contributed by atoms with Gasteiger partial charge in [-0.05, 0) is 26.0 Å². The number of para-hydroxylation sites is 1. The van der Waals surface area contributed by atoms with Crippen LogP contribution in [0.15, 0.2) is 30.3 Å². The minimum absolute atomic E-state index is 0.465. The van der Waals surface area contributed by atoms with E-state index < -0.39 is 6.10 Å². The average Bonchev–Trinajstić information content (AvgIpc) is 2.29. The number of rotatable bonds is 2. The molecule has 1 unspecified atom stereocenters. The molecule has 0 saturated carbocycles. The van der Waals surface area contributed by atoms with E-state index in [-0.39, 0.29) is 0 Å². The van der Waals surface area contributed by atoms with Crippen LogP contribution in [0, 0.1) is 18.3 Å². The van der Waals surface area contributed by atoms with E-state index in [9.17, 15) is 0 Å². The number of nitriles is 1. The monoisotopic (exact) mass is 212 g/mol. The third-order valence-electron chi connectivity index (χ3n) is 2.31. The van der Waals surface area contributed by atoms with Crippen LogP contribution in [0.4, 0.5) is 0 Å². The smallest absolute Gasteiger partial charge is 0.181 e. The highest BCUT2D eigenvalue weighted by atomic mass is 16.5. The summed E-state index contributed by atoms with van der Waals surface area (Å²) in [5, 5.41) is 9.75. The van der Waals surface area contributed by atoms with Crippen molar-refractivity contribution in [3.05, 3.63) is 36.0 Å². The van der Waals surface area contributed by atoms with Crippen LogP contribution in [0.5, 0.6) is 5.75 Å². The van der Waals surface area contributed by atoms with Crippen molar-refractivity contribution in [3.63, 3.8) is 0 Å². The van der Waals surface area contributed by atoms with Crippen LogP contribution in [-0.4, -0.2) is 11.1 Å². The van der Waals surface area contributed by atoms with Gasteiger partial charge in [-0.25, -0.2) is 4.98 Å². The molecule has 16 heavy (non-hydrogen) atoms. The molecule has 0 aliphatic heterocycles. The molecule has 0 fully saturated rings. The Kier molecular flexibility index (Phi) is 2.74. The van der Waals surface area contributed by atoms with Crippen LogP contribution in [0.2, 0.25) is 0 Å². The van der Waals surface area contributed by atoms with Crippen molar-refractivity contribution in [2.45, 2.75) is 20.0 Å². The number of pyridine rings is 1. The largest absolute Gasteiger partial charge is 0.474 e. The first kappa shape index (κ1) is 10.4. The molecule has 1 heterocycles. The highest BCUT2D eigenvalue weighted by Gasteiger charge is 2.07. The molecule has 0 spiro atoms. The molecule has 0 bridgehead atoms. The number of aryl methyl sites for hydroxylation is 1. The van der Waals surface area contributed by atoms with Crippen LogP contribution >= 0.6 is 0 Å². The van der Waals surface area contributed by atoms with Crippen molar-refractivity contribution in [2.75, 3.05) is 0 Å². The molecule has 1 atom stereocenters. The van der Waals surface area contributed by atoms with Gasteiger partial charge < -0.3 is 4.74 Å². The number of benzene rings is 1. The molecule has 1 aromatic heterocycles. The van der Waals surface area contributed by atoms with E-state index >= 15 is 0 Å². The van der Waals surface area contributed by atoms with E-state index in [0.717, 1.165) is 16.6 Å². The third kappa shape index (κ3) is 1.96. The molecule has 0 amide bonds. The highest BCUT2D eigenvalue weighted by molar-refractivity contribution is 5.84. The van der Waals surface area contributed by atoms with E-state index in [1.54, 1.807) is 6.92 Å². The highest BCUT2D eigenvalue weighted by Crippen LogP contribution is 2.24. The fraction of sp³-hybridized carbons (Fsp3) is 0.231. The number of hydrogen-bond donors (Lipinski definition) is 0. The van der Waals surface area contributed by atoms with Crippen molar-refractivity contribution >= 4 is 10.9 Å². The first-order chi connectivity index (χ1) is 7.70. The lowest BCUT2D eigenvalue weighted by atomic mass is 10.2. The molecule has 0 N–H and O–H groups in total. The normalized spacial score (nSPS) is 12.1. The fourth-order valence-corrected chi connectivity index (χ4v) is 1.53. The Labute approximate surface area is 94.3 Å². The Morgan fingerprint density at radius 2 is 2.12 bits per heavy atom. The lowest BCUT2D eigenvalue weighted by Crippen LogP contribution is -2.08. The van der Waals surface area contributed by atoms with Gasteiger partial charge in [0.2, 0.25) is 0 Å². The van der Waals surface area contributed by atoms with Gasteiger partial charge in [-0.2, -0.15) is 5.26 Å². The molecule has 80 valence electrons. The molecular formula is C13H12N2O. The Balaban J connectivity index is 2.53.